The highest BCUT2D eigenvalue weighted by molar-refractivity contribution is 5.08. The van der Waals surface area contributed by atoms with Crippen LogP contribution in [0.5, 0.6) is 0 Å². The van der Waals surface area contributed by atoms with Gasteiger partial charge in [-0.2, -0.15) is 0 Å². The number of methoxy groups -OCH3 is 1. The first-order chi connectivity index (χ1) is 7.27. The molecular weight excluding hydrogens is 190 g/mol. The minimum Gasteiger partial charge on any atom is -0.472 e. The van der Waals surface area contributed by atoms with Crippen molar-refractivity contribution < 1.29 is 9.15 Å². The third kappa shape index (κ3) is 4.06. The van der Waals surface area contributed by atoms with E-state index in [0.717, 1.165) is 19.4 Å². The van der Waals surface area contributed by atoms with E-state index in [2.05, 4.69) is 19.2 Å². The molecule has 1 aromatic heterocycles. The van der Waals surface area contributed by atoms with Gasteiger partial charge >= 0.3 is 0 Å². The van der Waals surface area contributed by atoms with Crippen molar-refractivity contribution in [3.63, 3.8) is 0 Å². The molecule has 0 bridgehead atoms. The van der Waals surface area contributed by atoms with E-state index in [4.69, 9.17) is 9.15 Å². The molecule has 2 atom stereocenters. The fraction of sp³-hybridized carbons (Fsp3) is 0.667. The van der Waals surface area contributed by atoms with Crippen molar-refractivity contribution in [2.75, 3.05) is 13.7 Å². The van der Waals surface area contributed by atoms with Gasteiger partial charge in [-0.3, -0.25) is 0 Å². The summed E-state index contributed by atoms with van der Waals surface area (Å²) in [6.07, 6.45) is 5.81. The van der Waals surface area contributed by atoms with Crippen LogP contribution in [0.3, 0.4) is 0 Å². The van der Waals surface area contributed by atoms with Gasteiger partial charge in [-0.15, -0.1) is 0 Å². The average Bonchev–Trinajstić information content (AvgIpc) is 2.75. The summed E-state index contributed by atoms with van der Waals surface area (Å²) in [5.41, 5.74) is 1.22. The molecule has 0 aliphatic carbocycles. The first-order valence-electron chi connectivity index (χ1n) is 5.55. The number of rotatable bonds is 7. The second kappa shape index (κ2) is 6.64. The summed E-state index contributed by atoms with van der Waals surface area (Å²) >= 11 is 0. The predicted octanol–water partition coefficient (Wildman–Crippen LogP) is 2.23. The van der Waals surface area contributed by atoms with Gasteiger partial charge in [0, 0.05) is 13.2 Å². The van der Waals surface area contributed by atoms with E-state index in [1.165, 1.54) is 5.56 Å². The number of nitrogens with one attached hydrogen (secondary N) is 1. The second-order valence-electron chi connectivity index (χ2n) is 3.84. The minimum absolute atomic E-state index is 0.214. The Morgan fingerprint density at radius 3 is 2.87 bits per heavy atom. The van der Waals surface area contributed by atoms with Crippen LogP contribution < -0.4 is 5.32 Å². The molecule has 0 radical (unpaired) electrons. The van der Waals surface area contributed by atoms with Gasteiger partial charge in [-0.05, 0) is 37.9 Å². The molecule has 1 rings (SSSR count). The Hall–Kier alpha value is -0.800. The highest BCUT2D eigenvalue weighted by atomic mass is 16.5. The maximum Gasteiger partial charge on any atom is 0.0935 e. The average molecular weight is 211 g/mol. The first-order valence-corrected chi connectivity index (χ1v) is 5.55. The van der Waals surface area contributed by atoms with Gasteiger partial charge in [0.05, 0.1) is 18.6 Å². The van der Waals surface area contributed by atoms with Crippen molar-refractivity contribution in [1.82, 2.24) is 5.32 Å². The molecule has 1 N–H and O–H groups in total. The lowest BCUT2D eigenvalue weighted by Gasteiger charge is -2.23. The smallest absolute Gasteiger partial charge is 0.0935 e. The van der Waals surface area contributed by atoms with Crippen molar-refractivity contribution in [3.8, 4) is 0 Å². The lowest BCUT2D eigenvalue weighted by molar-refractivity contribution is 0.0830. The highest BCUT2D eigenvalue weighted by Gasteiger charge is 2.16. The van der Waals surface area contributed by atoms with E-state index >= 15 is 0 Å². The fourth-order valence-corrected chi connectivity index (χ4v) is 1.56. The Morgan fingerprint density at radius 1 is 1.53 bits per heavy atom. The van der Waals surface area contributed by atoms with Crippen LogP contribution in [0.25, 0.3) is 0 Å². The summed E-state index contributed by atoms with van der Waals surface area (Å²) in [5, 5.41) is 3.49. The molecule has 86 valence electrons. The number of hydrogen-bond donors (Lipinski definition) is 1. The van der Waals surface area contributed by atoms with Crippen LogP contribution in [0.2, 0.25) is 0 Å². The summed E-state index contributed by atoms with van der Waals surface area (Å²) < 4.78 is 10.4. The van der Waals surface area contributed by atoms with Crippen LogP contribution in [-0.4, -0.2) is 25.8 Å². The van der Waals surface area contributed by atoms with Crippen molar-refractivity contribution in [2.24, 2.45) is 0 Å². The minimum atomic E-state index is 0.214. The van der Waals surface area contributed by atoms with E-state index in [1.54, 1.807) is 19.6 Å². The Bertz CT molecular complexity index is 246. The van der Waals surface area contributed by atoms with E-state index in [0.29, 0.717) is 6.04 Å². The topological polar surface area (TPSA) is 34.4 Å². The standard InChI is InChI=1S/C12H21NO2/c1-4-6-13-12(10(2)14-3)8-11-5-7-15-9-11/h5,7,9-10,12-13H,4,6,8H2,1-3H3. The van der Waals surface area contributed by atoms with E-state index < -0.39 is 0 Å². The molecular formula is C12H21NO2. The monoisotopic (exact) mass is 211 g/mol. The molecule has 15 heavy (non-hydrogen) atoms. The van der Waals surface area contributed by atoms with Crippen molar-refractivity contribution in [2.45, 2.75) is 38.8 Å². The third-order valence-electron chi connectivity index (χ3n) is 2.63. The molecule has 0 aliphatic rings. The van der Waals surface area contributed by atoms with Crippen LogP contribution in [-0.2, 0) is 11.2 Å². The molecule has 0 fully saturated rings. The Morgan fingerprint density at radius 2 is 2.33 bits per heavy atom. The zero-order chi connectivity index (χ0) is 11.1. The summed E-state index contributed by atoms with van der Waals surface area (Å²) in [6.45, 7) is 5.28. The highest BCUT2D eigenvalue weighted by Crippen LogP contribution is 2.08. The molecule has 1 aromatic rings. The van der Waals surface area contributed by atoms with Gasteiger partial charge in [-0.1, -0.05) is 6.92 Å². The summed E-state index contributed by atoms with van der Waals surface area (Å²) in [4.78, 5) is 0. The van der Waals surface area contributed by atoms with E-state index in [9.17, 15) is 0 Å². The second-order valence-corrected chi connectivity index (χ2v) is 3.84. The molecule has 1 heterocycles. The van der Waals surface area contributed by atoms with Crippen LogP contribution in [0.1, 0.15) is 25.8 Å². The number of furan rings is 1. The lowest BCUT2D eigenvalue weighted by atomic mass is 10.0. The SMILES string of the molecule is CCCNC(Cc1ccoc1)C(C)OC. The first kappa shape index (κ1) is 12.3. The Balaban J connectivity index is 2.48. The van der Waals surface area contributed by atoms with Gasteiger partial charge in [-0.25, -0.2) is 0 Å². The number of ether oxygens (including phenoxy) is 1. The summed E-state index contributed by atoms with van der Waals surface area (Å²) in [6, 6.07) is 2.36. The molecule has 3 heteroatoms. The lowest BCUT2D eigenvalue weighted by Crippen LogP contribution is -2.41. The van der Waals surface area contributed by atoms with E-state index in [1.807, 2.05) is 6.07 Å². The predicted molar refractivity (Wildman–Crippen MR) is 61.0 cm³/mol. The fourth-order valence-electron chi connectivity index (χ4n) is 1.56. The molecule has 0 aromatic carbocycles. The molecule has 0 aliphatic heterocycles. The molecule has 3 nitrogen and oxygen atoms in total. The molecule has 0 saturated carbocycles. The van der Waals surface area contributed by atoms with Crippen molar-refractivity contribution in [3.05, 3.63) is 24.2 Å². The largest absolute Gasteiger partial charge is 0.472 e. The van der Waals surface area contributed by atoms with Crippen LogP contribution in [0, 0.1) is 0 Å². The van der Waals surface area contributed by atoms with Crippen LogP contribution in [0.4, 0.5) is 0 Å². The molecule has 2 unspecified atom stereocenters. The molecule has 0 amide bonds. The third-order valence-corrected chi connectivity index (χ3v) is 2.63. The maximum atomic E-state index is 5.37. The molecule has 0 saturated heterocycles. The Labute approximate surface area is 91.8 Å². The van der Waals surface area contributed by atoms with Gasteiger partial charge in [0.2, 0.25) is 0 Å². The summed E-state index contributed by atoms with van der Waals surface area (Å²) in [7, 11) is 1.75. The van der Waals surface area contributed by atoms with Gasteiger partial charge in [0.1, 0.15) is 0 Å². The zero-order valence-electron chi connectivity index (χ0n) is 9.82. The zero-order valence-corrected chi connectivity index (χ0v) is 9.82. The quantitative estimate of drug-likeness (QED) is 0.751. The van der Waals surface area contributed by atoms with Crippen molar-refractivity contribution in [1.29, 1.82) is 0 Å². The maximum absolute atomic E-state index is 5.37. The van der Waals surface area contributed by atoms with Gasteiger partial charge in [0.25, 0.3) is 0 Å². The summed E-state index contributed by atoms with van der Waals surface area (Å²) in [5.74, 6) is 0. The number of hydrogen-bond acceptors (Lipinski definition) is 3. The van der Waals surface area contributed by atoms with Crippen molar-refractivity contribution >= 4 is 0 Å². The van der Waals surface area contributed by atoms with Gasteiger partial charge in [0.15, 0.2) is 0 Å². The Kier molecular flexibility index (Phi) is 5.43. The van der Waals surface area contributed by atoms with Crippen LogP contribution in [0.15, 0.2) is 23.0 Å². The van der Waals surface area contributed by atoms with Gasteiger partial charge < -0.3 is 14.5 Å². The molecule has 0 spiro atoms. The van der Waals surface area contributed by atoms with Crippen LogP contribution >= 0.6 is 0 Å². The normalized spacial score (nSPS) is 15.1. The van der Waals surface area contributed by atoms with E-state index in [-0.39, 0.29) is 6.10 Å².